The Balaban J connectivity index is 1.76. The van der Waals surface area contributed by atoms with Crippen LogP contribution < -0.4 is 9.64 Å². The molecule has 0 unspecified atom stereocenters. The van der Waals surface area contributed by atoms with E-state index in [0.717, 1.165) is 40.8 Å². The zero-order valence-electron chi connectivity index (χ0n) is 19.3. The van der Waals surface area contributed by atoms with Gasteiger partial charge in [-0.1, -0.05) is 49.4 Å². The minimum atomic E-state index is -0.190. The van der Waals surface area contributed by atoms with Crippen LogP contribution in [0.2, 0.25) is 0 Å². The van der Waals surface area contributed by atoms with Gasteiger partial charge in [0.1, 0.15) is 0 Å². The molecular weight excluding hydrogens is 422 g/mol. The van der Waals surface area contributed by atoms with Gasteiger partial charge in [-0.3, -0.25) is 9.69 Å². The molecule has 0 spiro atoms. The van der Waals surface area contributed by atoms with E-state index in [1.165, 1.54) is 5.56 Å². The van der Waals surface area contributed by atoms with Gasteiger partial charge in [0.15, 0.2) is 22.2 Å². The van der Waals surface area contributed by atoms with Crippen LogP contribution in [0.25, 0.3) is 21.2 Å². The summed E-state index contributed by atoms with van der Waals surface area (Å²) in [5.74, 6) is 0.712. The van der Waals surface area contributed by atoms with Gasteiger partial charge in [0.2, 0.25) is 0 Å². The first-order chi connectivity index (χ1) is 15.5. The van der Waals surface area contributed by atoms with Crippen molar-refractivity contribution >= 4 is 43.6 Å². The monoisotopic (exact) mass is 451 g/mol. The number of rotatable bonds is 8. The molecule has 4 aromatic rings. The third kappa shape index (κ3) is 4.10. The Bertz CT molecular complexity index is 1220. The molecule has 0 saturated heterocycles. The summed E-state index contributed by atoms with van der Waals surface area (Å²) in [4.78, 5) is 22.6. The van der Waals surface area contributed by atoms with Gasteiger partial charge in [-0.25, -0.2) is 4.98 Å². The van der Waals surface area contributed by atoms with Crippen molar-refractivity contribution in [2.24, 2.45) is 0 Å². The van der Waals surface area contributed by atoms with Gasteiger partial charge >= 0.3 is 0 Å². The summed E-state index contributed by atoms with van der Waals surface area (Å²) >= 11 is 1.56. The summed E-state index contributed by atoms with van der Waals surface area (Å²) < 4.78 is 12.5. The number of para-hydroxylation sites is 1. The molecule has 0 aliphatic rings. The Hall–Kier alpha value is -2.90. The van der Waals surface area contributed by atoms with Gasteiger partial charge in [-0.15, -0.1) is 0 Å². The molecule has 168 valence electrons. The zero-order valence-corrected chi connectivity index (χ0v) is 20.1. The smallest absolute Gasteiger partial charge is 0.295 e. The highest BCUT2D eigenvalue weighted by molar-refractivity contribution is 7.22. The molecule has 1 amide bonds. The Labute approximate surface area is 192 Å². The molecule has 6 nitrogen and oxygen atoms in total. The van der Waals surface area contributed by atoms with E-state index in [2.05, 4.69) is 44.7 Å². The predicted octanol–water partition coefficient (Wildman–Crippen LogP) is 5.66. The van der Waals surface area contributed by atoms with Crippen LogP contribution in [-0.2, 0) is 0 Å². The van der Waals surface area contributed by atoms with Crippen molar-refractivity contribution in [2.45, 2.75) is 27.7 Å². The highest BCUT2D eigenvalue weighted by Gasteiger charge is 2.26. The van der Waals surface area contributed by atoms with E-state index in [0.29, 0.717) is 23.0 Å². The second-order valence-corrected chi connectivity index (χ2v) is 8.82. The quantitative estimate of drug-likeness (QED) is 0.346. The number of methoxy groups -OCH3 is 1. The van der Waals surface area contributed by atoms with Crippen molar-refractivity contribution < 1.29 is 13.9 Å². The predicted molar refractivity (Wildman–Crippen MR) is 131 cm³/mol. The Morgan fingerprint density at radius 3 is 2.53 bits per heavy atom. The number of carbonyl (C=O) groups excluding carboxylic acids is 1. The lowest BCUT2D eigenvalue weighted by Gasteiger charge is -2.24. The van der Waals surface area contributed by atoms with Gasteiger partial charge in [0.05, 0.1) is 17.3 Å². The molecule has 0 N–H and O–H groups in total. The third-order valence-corrected chi connectivity index (χ3v) is 7.09. The van der Waals surface area contributed by atoms with Crippen LogP contribution in [0.15, 0.2) is 40.8 Å². The summed E-state index contributed by atoms with van der Waals surface area (Å²) in [5, 5.41) is 1.54. The van der Waals surface area contributed by atoms with E-state index >= 15 is 0 Å². The van der Waals surface area contributed by atoms with Gasteiger partial charge < -0.3 is 14.1 Å². The number of ether oxygens (including phenoxy) is 1. The van der Waals surface area contributed by atoms with Crippen molar-refractivity contribution in [3.8, 4) is 5.75 Å². The van der Waals surface area contributed by atoms with E-state index in [1.807, 2.05) is 18.2 Å². The molecule has 0 saturated carbocycles. The maximum Gasteiger partial charge on any atom is 0.295 e. The van der Waals surface area contributed by atoms with Crippen LogP contribution in [-0.4, -0.2) is 49.1 Å². The minimum absolute atomic E-state index is 0.190. The normalized spacial score (nSPS) is 11.6. The first kappa shape index (κ1) is 22.3. The van der Waals surface area contributed by atoms with Gasteiger partial charge in [0.25, 0.3) is 5.91 Å². The number of hydrogen-bond donors (Lipinski definition) is 0. The highest BCUT2D eigenvalue weighted by atomic mass is 32.1. The third-order valence-electron chi connectivity index (χ3n) is 5.88. The topological polar surface area (TPSA) is 58.8 Å². The fourth-order valence-corrected chi connectivity index (χ4v) is 5.00. The lowest BCUT2D eigenvalue weighted by Crippen LogP contribution is -2.38. The Morgan fingerprint density at radius 2 is 1.84 bits per heavy atom. The molecule has 0 aliphatic heterocycles. The molecule has 7 heteroatoms. The zero-order chi connectivity index (χ0) is 22.8. The molecule has 0 fully saturated rings. The SMILES string of the molecule is CCN(CC)CCN(C(=O)c1cc2cccc(OC)c2o1)c1nc2c(C)ccc(C)c2s1. The number of thiazole rings is 1. The molecule has 2 aromatic heterocycles. The molecule has 0 aliphatic carbocycles. The number of amides is 1. The number of hydrogen-bond acceptors (Lipinski definition) is 6. The van der Waals surface area contributed by atoms with Crippen molar-refractivity contribution in [2.75, 3.05) is 38.2 Å². The maximum absolute atomic E-state index is 13.7. The summed E-state index contributed by atoms with van der Waals surface area (Å²) in [6.07, 6.45) is 0. The summed E-state index contributed by atoms with van der Waals surface area (Å²) in [6.45, 7) is 11.5. The van der Waals surface area contributed by atoms with Crippen LogP contribution in [0, 0.1) is 13.8 Å². The Kier molecular flexibility index (Phi) is 6.48. The lowest BCUT2D eigenvalue weighted by atomic mass is 10.1. The van der Waals surface area contributed by atoms with E-state index in [9.17, 15) is 4.79 Å². The van der Waals surface area contributed by atoms with E-state index in [4.69, 9.17) is 14.1 Å². The fourth-order valence-electron chi connectivity index (χ4n) is 3.86. The fraction of sp³-hybridized carbons (Fsp3) is 0.360. The lowest BCUT2D eigenvalue weighted by molar-refractivity contribution is 0.0959. The maximum atomic E-state index is 13.7. The number of benzene rings is 2. The number of aromatic nitrogens is 1. The van der Waals surface area contributed by atoms with Gasteiger partial charge in [-0.2, -0.15) is 0 Å². The first-order valence-corrected chi connectivity index (χ1v) is 11.8. The molecular formula is C25H29N3O3S. The molecule has 32 heavy (non-hydrogen) atoms. The molecule has 2 aromatic carbocycles. The number of nitrogens with zero attached hydrogens (tertiary/aromatic N) is 3. The van der Waals surface area contributed by atoms with Crippen LogP contribution >= 0.6 is 11.3 Å². The first-order valence-electron chi connectivity index (χ1n) is 10.9. The van der Waals surface area contributed by atoms with Crippen molar-refractivity contribution in [1.29, 1.82) is 0 Å². The molecule has 0 radical (unpaired) electrons. The summed E-state index contributed by atoms with van der Waals surface area (Å²) in [7, 11) is 1.60. The number of furan rings is 1. The molecule has 0 bridgehead atoms. The summed E-state index contributed by atoms with van der Waals surface area (Å²) in [6, 6.07) is 11.6. The standard InChI is InChI=1S/C25H29N3O3S/c1-6-27(7-2)13-14-28(25-26-21-16(3)11-12-17(4)23(21)32-25)24(29)20-15-18-9-8-10-19(30-5)22(18)31-20/h8-12,15H,6-7,13-14H2,1-5H3. The van der Waals surface area contributed by atoms with E-state index < -0.39 is 0 Å². The average molecular weight is 452 g/mol. The van der Waals surface area contributed by atoms with E-state index in [1.54, 1.807) is 29.4 Å². The molecule has 0 atom stereocenters. The van der Waals surface area contributed by atoms with Crippen LogP contribution in [0.1, 0.15) is 35.5 Å². The number of fused-ring (bicyclic) bond motifs is 2. The molecule has 4 rings (SSSR count). The minimum Gasteiger partial charge on any atom is -0.493 e. The Morgan fingerprint density at radius 1 is 1.09 bits per heavy atom. The number of likely N-dealkylation sites (N-methyl/N-ethyl adjacent to an activating group) is 1. The number of aryl methyl sites for hydroxylation is 2. The highest BCUT2D eigenvalue weighted by Crippen LogP contribution is 2.35. The number of carbonyl (C=O) groups is 1. The van der Waals surface area contributed by atoms with Crippen LogP contribution in [0.4, 0.5) is 5.13 Å². The van der Waals surface area contributed by atoms with Crippen molar-refractivity contribution in [3.63, 3.8) is 0 Å². The largest absolute Gasteiger partial charge is 0.493 e. The van der Waals surface area contributed by atoms with Crippen molar-refractivity contribution in [3.05, 3.63) is 53.3 Å². The van der Waals surface area contributed by atoms with Crippen LogP contribution in [0.3, 0.4) is 0 Å². The van der Waals surface area contributed by atoms with Crippen LogP contribution in [0.5, 0.6) is 5.75 Å². The summed E-state index contributed by atoms with van der Waals surface area (Å²) in [5.41, 5.74) is 3.81. The number of anilines is 1. The second kappa shape index (κ2) is 9.30. The van der Waals surface area contributed by atoms with Crippen molar-refractivity contribution in [1.82, 2.24) is 9.88 Å². The van der Waals surface area contributed by atoms with E-state index in [-0.39, 0.29) is 11.7 Å². The average Bonchev–Trinajstić information content (AvgIpc) is 3.44. The second-order valence-electron chi connectivity index (χ2n) is 7.85. The molecule has 2 heterocycles. The van der Waals surface area contributed by atoms with Gasteiger partial charge in [-0.05, 0) is 50.2 Å². The van der Waals surface area contributed by atoms with Gasteiger partial charge in [0, 0.05) is 18.5 Å².